The number of hydrogen-bond donors (Lipinski definition) is 1. The van der Waals surface area contributed by atoms with Crippen molar-refractivity contribution in [3.05, 3.63) is 29.1 Å². The van der Waals surface area contributed by atoms with Gasteiger partial charge in [0.25, 0.3) is 0 Å². The zero-order chi connectivity index (χ0) is 10.3. The minimum absolute atomic E-state index is 0.221. The molecule has 5 heteroatoms. The Kier molecular flexibility index (Phi) is 1.99. The summed E-state index contributed by atoms with van der Waals surface area (Å²) in [6, 6.07) is 2.35. The third kappa shape index (κ3) is 1.59. The van der Waals surface area contributed by atoms with Crippen LogP contribution in [0.15, 0.2) is 12.1 Å². The summed E-state index contributed by atoms with van der Waals surface area (Å²) in [5.74, 6) is 0. The van der Waals surface area contributed by atoms with E-state index in [2.05, 4.69) is 4.98 Å². The van der Waals surface area contributed by atoms with Crippen LogP contribution in [0.4, 0.5) is 13.2 Å². The summed E-state index contributed by atoms with van der Waals surface area (Å²) in [5.41, 5.74) is 0.197. The maximum Gasteiger partial charge on any atom is 0.433 e. The lowest BCUT2D eigenvalue weighted by Gasteiger charge is -2.06. The topological polar surface area (TPSA) is 33.1 Å². The highest BCUT2D eigenvalue weighted by Crippen LogP contribution is 2.30. The number of nitrogens with zero attached hydrogens (tertiary/aromatic N) is 1. The van der Waals surface area contributed by atoms with Gasteiger partial charge in [0.1, 0.15) is 5.69 Å². The van der Waals surface area contributed by atoms with E-state index in [4.69, 9.17) is 0 Å². The molecule has 0 amide bonds. The van der Waals surface area contributed by atoms with Crippen molar-refractivity contribution in [3.8, 4) is 0 Å². The van der Waals surface area contributed by atoms with Gasteiger partial charge in [-0.3, -0.25) is 0 Å². The van der Waals surface area contributed by atoms with Gasteiger partial charge in [-0.15, -0.1) is 0 Å². The van der Waals surface area contributed by atoms with Gasteiger partial charge in [0.05, 0.1) is 6.10 Å². The number of pyridine rings is 1. The smallest absolute Gasteiger partial charge is 0.392 e. The summed E-state index contributed by atoms with van der Waals surface area (Å²) in [5, 5.41) is 9.22. The van der Waals surface area contributed by atoms with Crippen molar-refractivity contribution < 1.29 is 18.3 Å². The molecule has 14 heavy (non-hydrogen) atoms. The first-order valence-electron chi connectivity index (χ1n) is 4.21. The number of rotatable bonds is 0. The standard InChI is InChI=1S/C9H8F3NO/c10-9(11,12)8-2-1-5-3-6(14)4-7(5)13-8/h1-2,6,14H,3-4H2. The van der Waals surface area contributed by atoms with E-state index in [0.717, 1.165) is 6.07 Å². The minimum Gasteiger partial charge on any atom is -0.392 e. The number of aromatic nitrogens is 1. The van der Waals surface area contributed by atoms with Gasteiger partial charge in [-0.05, 0) is 11.6 Å². The van der Waals surface area contributed by atoms with Gasteiger partial charge in [0.15, 0.2) is 0 Å². The summed E-state index contributed by atoms with van der Waals surface area (Å²) in [7, 11) is 0. The lowest BCUT2D eigenvalue weighted by atomic mass is 10.2. The van der Waals surface area contributed by atoms with E-state index >= 15 is 0 Å². The van der Waals surface area contributed by atoms with Crippen LogP contribution >= 0.6 is 0 Å². The molecule has 1 atom stereocenters. The molecule has 1 unspecified atom stereocenters. The van der Waals surface area contributed by atoms with Crippen LogP contribution in [0.3, 0.4) is 0 Å². The lowest BCUT2D eigenvalue weighted by molar-refractivity contribution is -0.141. The van der Waals surface area contributed by atoms with Crippen LogP contribution in [-0.2, 0) is 19.0 Å². The van der Waals surface area contributed by atoms with E-state index in [9.17, 15) is 18.3 Å². The quantitative estimate of drug-likeness (QED) is 0.694. The zero-order valence-corrected chi connectivity index (χ0v) is 7.17. The fourth-order valence-electron chi connectivity index (χ4n) is 1.60. The van der Waals surface area contributed by atoms with Gasteiger partial charge >= 0.3 is 6.18 Å². The van der Waals surface area contributed by atoms with Crippen LogP contribution in [0.25, 0.3) is 0 Å². The monoisotopic (exact) mass is 203 g/mol. The van der Waals surface area contributed by atoms with Crippen molar-refractivity contribution in [3.63, 3.8) is 0 Å². The first kappa shape index (κ1) is 9.45. The highest BCUT2D eigenvalue weighted by Gasteiger charge is 2.34. The van der Waals surface area contributed by atoms with Crippen LogP contribution in [0.2, 0.25) is 0 Å². The second-order valence-corrected chi connectivity index (χ2v) is 3.36. The number of fused-ring (bicyclic) bond motifs is 1. The molecule has 76 valence electrons. The Bertz CT molecular complexity index is 362. The van der Waals surface area contributed by atoms with E-state index < -0.39 is 18.0 Å². The SMILES string of the molecule is OC1Cc2ccc(C(F)(F)F)nc2C1. The van der Waals surface area contributed by atoms with E-state index in [0.29, 0.717) is 17.7 Å². The average Bonchev–Trinajstić information content (AvgIpc) is 2.41. The summed E-state index contributed by atoms with van der Waals surface area (Å²) < 4.78 is 36.7. The Hall–Kier alpha value is -1.10. The fraction of sp³-hybridized carbons (Fsp3) is 0.444. The molecule has 1 aromatic rings. The number of alkyl halides is 3. The second-order valence-electron chi connectivity index (χ2n) is 3.36. The van der Waals surface area contributed by atoms with Crippen molar-refractivity contribution in [2.24, 2.45) is 0 Å². The van der Waals surface area contributed by atoms with Crippen LogP contribution in [0, 0.1) is 0 Å². The van der Waals surface area contributed by atoms with Gasteiger partial charge in [0.2, 0.25) is 0 Å². The molecule has 0 radical (unpaired) electrons. The third-order valence-electron chi connectivity index (χ3n) is 2.24. The predicted molar refractivity (Wildman–Crippen MR) is 42.7 cm³/mol. The summed E-state index contributed by atoms with van der Waals surface area (Å²) in [4.78, 5) is 3.49. The molecule has 2 rings (SSSR count). The Morgan fingerprint density at radius 3 is 2.64 bits per heavy atom. The maximum absolute atomic E-state index is 12.2. The maximum atomic E-state index is 12.2. The third-order valence-corrected chi connectivity index (χ3v) is 2.24. The molecule has 0 fully saturated rings. The first-order chi connectivity index (χ1) is 6.47. The van der Waals surface area contributed by atoms with Gasteiger partial charge < -0.3 is 5.11 Å². The Balaban J connectivity index is 2.38. The molecule has 1 aliphatic rings. The van der Waals surface area contributed by atoms with Crippen molar-refractivity contribution in [1.29, 1.82) is 0 Å². The molecule has 2 nitrogen and oxygen atoms in total. The van der Waals surface area contributed by atoms with Crippen LogP contribution in [0.5, 0.6) is 0 Å². The molecular weight excluding hydrogens is 195 g/mol. The number of hydrogen-bond acceptors (Lipinski definition) is 2. The van der Waals surface area contributed by atoms with Gasteiger partial charge in [-0.2, -0.15) is 13.2 Å². The molecule has 1 heterocycles. The highest BCUT2D eigenvalue weighted by molar-refractivity contribution is 5.29. The molecule has 1 N–H and O–H groups in total. The van der Waals surface area contributed by atoms with Crippen molar-refractivity contribution in [2.45, 2.75) is 25.1 Å². The molecule has 0 aliphatic heterocycles. The normalized spacial score (nSPS) is 21.0. The van der Waals surface area contributed by atoms with Crippen LogP contribution < -0.4 is 0 Å². The highest BCUT2D eigenvalue weighted by atomic mass is 19.4. The van der Waals surface area contributed by atoms with Crippen LogP contribution in [0.1, 0.15) is 17.0 Å². The predicted octanol–water partition coefficient (Wildman–Crippen LogP) is 1.56. The molecule has 0 spiro atoms. The number of aliphatic hydroxyl groups is 1. The number of halogens is 3. The van der Waals surface area contributed by atoms with E-state index in [1.54, 1.807) is 0 Å². The van der Waals surface area contributed by atoms with Crippen molar-refractivity contribution in [1.82, 2.24) is 4.98 Å². The van der Waals surface area contributed by atoms with Gasteiger partial charge in [-0.1, -0.05) is 6.07 Å². The minimum atomic E-state index is -4.40. The fourth-order valence-corrected chi connectivity index (χ4v) is 1.60. The molecule has 1 aliphatic carbocycles. The molecule has 0 saturated carbocycles. The Morgan fingerprint density at radius 1 is 1.29 bits per heavy atom. The van der Waals surface area contributed by atoms with Crippen molar-refractivity contribution in [2.75, 3.05) is 0 Å². The average molecular weight is 203 g/mol. The molecule has 0 saturated heterocycles. The lowest BCUT2D eigenvalue weighted by Crippen LogP contribution is -2.09. The summed E-state index contributed by atoms with van der Waals surface area (Å²) in [6.07, 6.45) is -4.36. The second kappa shape index (κ2) is 2.95. The molecular formula is C9H8F3NO. The zero-order valence-electron chi connectivity index (χ0n) is 7.17. The largest absolute Gasteiger partial charge is 0.433 e. The molecule has 0 bridgehead atoms. The first-order valence-corrected chi connectivity index (χ1v) is 4.21. The molecule has 0 aromatic carbocycles. The summed E-state index contributed by atoms with van der Waals surface area (Å²) >= 11 is 0. The van der Waals surface area contributed by atoms with E-state index in [-0.39, 0.29) is 6.42 Å². The Labute approximate surface area is 78.4 Å². The van der Waals surface area contributed by atoms with Crippen LogP contribution in [-0.4, -0.2) is 16.2 Å². The van der Waals surface area contributed by atoms with Crippen molar-refractivity contribution >= 4 is 0 Å². The summed E-state index contributed by atoms with van der Waals surface area (Å²) in [6.45, 7) is 0. The van der Waals surface area contributed by atoms with E-state index in [1.165, 1.54) is 6.07 Å². The van der Waals surface area contributed by atoms with E-state index in [1.807, 2.05) is 0 Å². The number of aliphatic hydroxyl groups excluding tert-OH is 1. The Morgan fingerprint density at radius 2 is 2.00 bits per heavy atom. The molecule has 1 aromatic heterocycles. The van der Waals surface area contributed by atoms with Gasteiger partial charge in [-0.25, -0.2) is 4.98 Å². The van der Waals surface area contributed by atoms with Gasteiger partial charge in [0, 0.05) is 18.5 Å².